The van der Waals surface area contributed by atoms with E-state index in [0.29, 0.717) is 11.5 Å². The van der Waals surface area contributed by atoms with Gasteiger partial charge in [0.15, 0.2) is 18.1 Å². The minimum atomic E-state index is -0.345. The summed E-state index contributed by atoms with van der Waals surface area (Å²) in [7, 11) is 1.58. The topological polar surface area (TPSA) is 44.8 Å². The number of hydrogen-bond donors (Lipinski definition) is 0. The van der Waals surface area contributed by atoms with Gasteiger partial charge in [0, 0.05) is 0 Å². The van der Waals surface area contributed by atoms with Gasteiger partial charge in [-0.25, -0.2) is 4.79 Å². The van der Waals surface area contributed by atoms with Gasteiger partial charge in [-0.2, -0.15) is 0 Å². The molecule has 1 aromatic carbocycles. The SMILES string of the molecule is C=Cc1cc(I)c(OCC(=O)OC2(C)CCCCC2)c(OC)c1. The van der Waals surface area contributed by atoms with E-state index in [1.807, 2.05) is 19.1 Å². The smallest absolute Gasteiger partial charge is 0.344 e. The van der Waals surface area contributed by atoms with Gasteiger partial charge in [0.25, 0.3) is 0 Å². The van der Waals surface area contributed by atoms with E-state index in [0.717, 1.165) is 34.8 Å². The van der Waals surface area contributed by atoms with Gasteiger partial charge in [-0.1, -0.05) is 19.1 Å². The summed E-state index contributed by atoms with van der Waals surface area (Å²) in [5.74, 6) is 0.813. The predicted octanol–water partition coefficient (Wildman–Crippen LogP) is 4.59. The summed E-state index contributed by atoms with van der Waals surface area (Å²) in [5, 5.41) is 0. The normalized spacial score (nSPS) is 16.5. The summed E-state index contributed by atoms with van der Waals surface area (Å²) in [5.41, 5.74) is 0.596. The second-order valence-electron chi connectivity index (χ2n) is 6.01. The van der Waals surface area contributed by atoms with E-state index >= 15 is 0 Å². The highest BCUT2D eigenvalue weighted by Gasteiger charge is 2.31. The van der Waals surface area contributed by atoms with Crippen molar-refractivity contribution in [3.63, 3.8) is 0 Å². The molecule has 2 rings (SSSR count). The molecular weight excluding hydrogens is 407 g/mol. The van der Waals surface area contributed by atoms with Crippen molar-refractivity contribution >= 4 is 34.6 Å². The predicted molar refractivity (Wildman–Crippen MR) is 98.9 cm³/mol. The average molecular weight is 430 g/mol. The third-order valence-electron chi connectivity index (χ3n) is 4.09. The number of carbonyl (C=O) groups is 1. The van der Waals surface area contributed by atoms with Crippen LogP contribution in [0, 0.1) is 3.57 Å². The monoisotopic (exact) mass is 430 g/mol. The molecule has 23 heavy (non-hydrogen) atoms. The Labute approximate surface area is 151 Å². The molecule has 1 aromatic rings. The summed E-state index contributed by atoms with van der Waals surface area (Å²) in [6.07, 6.45) is 7.03. The number of rotatable bonds is 6. The van der Waals surface area contributed by atoms with Gasteiger partial charge in [-0.3, -0.25) is 0 Å². The number of halogens is 1. The molecule has 0 unspecified atom stereocenters. The molecule has 0 spiro atoms. The Morgan fingerprint density at radius 2 is 2.04 bits per heavy atom. The number of ether oxygens (including phenoxy) is 3. The molecule has 0 aromatic heterocycles. The van der Waals surface area contributed by atoms with Gasteiger partial charge in [0.05, 0.1) is 10.7 Å². The zero-order valence-electron chi connectivity index (χ0n) is 13.7. The van der Waals surface area contributed by atoms with Crippen molar-refractivity contribution in [3.05, 3.63) is 27.8 Å². The van der Waals surface area contributed by atoms with E-state index in [1.54, 1.807) is 13.2 Å². The van der Waals surface area contributed by atoms with E-state index in [1.165, 1.54) is 6.42 Å². The Kier molecular flexibility index (Phi) is 6.33. The van der Waals surface area contributed by atoms with Crippen molar-refractivity contribution < 1.29 is 19.0 Å². The maximum atomic E-state index is 12.1. The lowest BCUT2D eigenvalue weighted by atomic mass is 9.86. The molecule has 0 heterocycles. The molecule has 1 saturated carbocycles. The summed E-state index contributed by atoms with van der Waals surface area (Å²) < 4.78 is 17.5. The first-order valence-corrected chi connectivity index (χ1v) is 8.90. The minimum absolute atomic E-state index is 0.116. The lowest BCUT2D eigenvalue weighted by Crippen LogP contribution is -2.35. The zero-order chi connectivity index (χ0) is 16.9. The van der Waals surface area contributed by atoms with Gasteiger partial charge >= 0.3 is 5.97 Å². The highest BCUT2D eigenvalue weighted by atomic mass is 127. The first kappa shape index (κ1) is 18.1. The Morgan fingerprint density at radius 1 is 1.35 bits per heavy atom. The van der Waals surface area contributed by atoms with E-state index in [4.69, 9.17) is 14.2 Å². The lowest BCUT2D eigenvalue weighted by Gasteiger charge is -2.33. The van der Waals surface area contributed by atoms with E-state index < -0.39 is 0 Å². The van der Waals surface area contributed by atoms with Crippen molar-refractivity contribution in [2.45, 2.75) is 44.6 Å². The summed E-state index contributed by atoms with van der Waals surface area (Å²) in [4.78, 5) is 12.1. The Balaban J connectivity index is 2.00. The summed E-state index contributed by atoms with van der Waals surface area (Å²) >= 11 is 2.16. The van der Waals surface area contributed by atoms with Crippen LogP contribution in [0.3, 0.4) is 0 Å². The third kappa shape index (κ3) is 4.86. The molecule has 0 N–H and O–H groups in total. The molecule has 5 heteroatoms. The molecular formula is C18H23IO4. The number of carbonyl (C=O) groups excluding carboxylic acids is 1. The molecule has 1 aliphatic carbocycles. The highest BCUT2D eigenvalue weighted by Crippen LogP contribution is 2.35. The van der Waals surface area contributed by atoms with Crippen molar-refractivity contribution in [3.8, 4) is 11.5 Å². The molecule has 4 nitrogen and oxygen atoms in total. The van der Waals surface area contributed by atoms with Crippen LogP contribution in [0.2, 0.25) is 0 Å². The van der Waals surface area contributed by atoms with Crippen LogP contribution < -0.4 is 9.47 Å². The van der Waals surface area contributed by atoms with Gasteiger partial charge in [-0.15, -0.1) is 0 Å². The van der Waals surface area contributed by atoms with E-state index in [-0.39, 0.29) is 18.2 Å². The van der Waals surface area contributed by atoms with Gasteiger partial charge in [-0.05, 0) is 72.9 Å². The Bertz CT molecular complexity index is 577. The molecule has 0 bridgehead atoms. The van der Waals surface area contributed by atoms with Crippen LogP contribution in [0.1, 0.15) is 44.6 Å². The minimum Gasteiger partial charge on any atom is -0.493 e. The van der Waals surface area contributed by atoms with Crippen LogP contribution in [0.25, 0.3) is 6.08 Å². The summed E-state index contributed by atoms with van der Waals surface area (Å²) in [6, 6.07) is 3.76. The van der Waals surface area contributed by atoms with Crippen molar-refractivity contribution in [1.82, 2.24) is 0 Å². The fourth-order valence-corrected chi connectivity index (χ4v) is 3.62. The molecule has 126 valence electrons. The van der Waals surface area contributed by atoms with Gasteiger partial charge in [0.2, 0.25) is 0 Å². The van der Waals surface area contributed by atoms with Gasteiger partial charge < -0.3 is 14.2 Å². The van der Waals surface area contributed by atoms with E-state index in [9.17, 15) is 4.79 Å². The van der Waals surface area contributed by atoms with Crippen LogP contribution in [-0.2, 0) is 9.53 Å². The van der Waals surface area contributed by atoms with Gasteiger partial charge in [0.1, 0.15) is 5.60 Å². The molecule has 1 aliphatic rings. The number of benzene rings is 1. The Morgan fingerprint density at radius 3 is 2.65 bits per heavy atom. The molecule has 0 amide bonds. The second-order valence-corrected chi connectivity index (χ2v) is 7.17. The number of methoxy groups -OCH3 is 1. The highest BCUT2D eigenvalue weighted by molar-refractivity contribution is 14.1. The lowest BCUT2D eigenvalue weighted by molar-refractivity contribution is -0.163. The fraction of sp³-hybridized carbons (Fsp3) is 0.500. The maximum absolute atomic E-state index is 12.1. The van der Waals surface area contributed by atoms with Crippen LogP contribution in [0.5, 0.6) is 11.5 Å². The first-order valence-electron chi connectivity index (χ1n) is 7.82. The molecule has 1 fully saturated rings. The molecule has 0 radical (unpaired) electrons. The van der Waals surface area contributed by atoms with Crippen molar-refractivity contribution in [1.29, 1.82) is 0 Å². The third-order valence-corrected chi connectivity index (χ3v) is 4.89. The standard InChI is InChI=1S/C18H23IO4/c1-4-13-10-14(19)17(15(11-13)21-3)22-12-16(20)23-18(2)8-6-5-7-9-18/h4,10-11H,1,5-9,12H2,2-3H3. The van der Waals surface area contributed by atoms with Crippen LogP contribution >= 0.6 is 22.6 Å². The molecule has 0 saturated heterocycles. The van der Waals surface area contributed by atoms with E-state index in [2.05, 4.69) is 29.2 Å². The van der Waals surface area contributed by atoms with Crippen molar-refractivity contribution in [2.24, 2.45) is 0 Å². The molecule has 0 atom stereocenters. The largest absolute Gasteiger partial charge is 0.493 e. The van der Waals surface area contributed by atoms with Crippen molar-refractivity contribution in [2.75, 3.05) is 13.7 Å². The number of esters is 1. The van der Waals surface area contributed by atoms with Crippen LogP contribution in [0.15, 0.2) is 18.7 Å². The van der Waals surface area contributed by atoms with Crippen LogP contribution in [0.4, 0.5) is 0 Å². The molecule has 0 aliphatic heterocycles. The second kappa shape index (κ2) is 8.04. The number of hydrogen-bond acceptors (Lipinski definition) is 4. The first-order chi connectivity index (χ1) is 11.0. The summed E-state index contributed by atoms with van der Waals surface area (Å²) in [6.45, 7) is 5.64. The maximum Gasteiger partial charge on any atom is 0.344 e. The Hall–Kier alpha value is -1.24. The van der Waals surface area contributed by atoms with Crippen LogP contribution in [-0.4, -0.2) is 25.3 Å². The quantitative estimate of drug-likeness (QED) is 0.490. The zero-order valence-corrected chi connectivity index (χ0v) is 15.9. The fourth-order valence-electron chi connectivity index (χ4n) is 2.83. The average Bonchev–Trinajstić information content (AvgIpc) is 2.53.